The molecule has 0 unspecified atom stereocenters. The molecule has 0 atom stereocenters. The number of rotatable bonds is 3. The van der Waals surface area contributed by atoms with Gasteiger partial charge in [0.2, 0.25) is 0 Å². The van der Waals surface area contributed by atoms with Gasteiger partial charge in [-0.15, -0.1) is 0 Å². The Balaban J connectivity index is 1.81. The Hall–Kier alpha value is -2.24. The molecule has 5 heteroatoms. The molecule has 5 nitrogen and oxygen atoms in total. The third kappa shape index (κ3) is 2.42. The standard InChI is InChI=1S/C18H20N4O/c19-12-18(5-8-23-9-6-18)14-3-1-2-13(10-14)15-4-7-20-17-16(15)11-21-22-17/h1-4,7,10-11H,5-6,8-9,12,19H2,(H,20,21,22). The summed E-state index contributed by atoms with van der Waals surface area (Å²) in [5.41, 5.74) is 10.6. The van der Waals surface area contributed by atoms with Crippen molar-refractivity contribution in [3.05, 3.63) is 48.3 Å². The maximum Gasteiger partial charge on any atom is 0.155 e. The van der Waals surface area contributed by atoms with E-state index >= 15 is 0 Å². The van der Waals surface area contributed by atoms with Crippen LogP contribution in [-0.2, 0) is 10.2 Å². The first-order valence-corrected chi connectivity index (χ1v) is 7.99. The van der Waals surface area contributed by atoms with Crippen molar-refractivity contribution in [2.24, 2.45) is 5.73 Å². The highest BCUT2D eigenvalue weighted by molar-refractivity contribution is 5.92. The molecular formula is C18H20N4O. The van der Waals surface area contributed by atoms with Gasteiger partial charge in [-0.1, -0.05) is 24.3 Å². The maximum absolute atomic E-state index is 6.15. The van der Waals surface area contributed by atoms with Crippen molar-refractivity contribution in [2.75, 3.05) is 19.8 Å². The molecule has 1 aliphatic heterocycles. The molecule has 1 saturated heterocycles. The van der Waals surface area contributed by atoms with E-state index in [0.29, 0.717) is 6.54 Å². The van der Waals surface area contributed by atoms with Crippen LogP contribution in [0, 0.1) is 0 Å². The minimum Gasteiger partial charge on any atom is -0.381 e. The Morgan fingerprint density at radius 2 is 2.09 bits per heavy atom. The van der Waals surface area contributed by atoms with Crippen molar-refractivity contribution < 1.29 is 4.74 Å². The fourth-order valence-electron chi connectivity index (χ4n) is 3.49. The van der Waals surface area contributed by atoms with Crippen LogP contribution in [0.1, 0.15) is 18.4 Å². The predicted molar refractivity (Wildman–Crippen MR) is 90.1 cm³/mol. The summed E-state index contributed by atoms with van der Waals surface area (Å²) in [5, 5.41) is 8.07. The lowest BCUT2D eigenvalue weighted by atomic mass is 9.73. The van der Waals surface area contributed by atoms with E-state index in [1.54, 1.807) is 0 Å². The molecule has 4 rings (SSSR count). The minimum absolute atomic E-state index is 0.0246. The van der Waals surface area contributed by atoms with Crippen LogP contribution in [0.3, 0.4) is 0 Å². The van der Waals surface area contributed by atoms with Crippen LogP contribution in [0.2, 0.25) is 0 Å². The fourth-order valence-corrected chi connectivity index (χ4v) is 3.49. The number of ether oxygens (including phenoxy) is 1. The zero-order valence-electron chi connectivity index (χ0n) is 13.0. The monoisotopic (exact) mass is 308 g/mol. The van der Waals surface area contributed by atoms with Crippen molar-refractivity contribution in [1.82, 2.24) is 15.2 Å². The molecule has 2 aromatic heterocycles. The molecule has 23 heavy (non-hydrogen) atoms. The summed E-state index contributed by atoms with van der Waals surface area (Å²) in [5.74, 6) is 0. The molecule has 1 fully saturated rings. The number of nitrogens with one attached hydrogen (secondary N) is 1. The molecule has 1 aromatic carbocycles. The van der Waals surface area contributed by atoms with Crippen LogP contribution in [-0.4, -0.2) is 34.9 Å². The average Bonchev–Trinajstić information content (AvgIpc) is 3.11. The Labute approximate surface area is 134 Å². The van der Waals surface area contributed by atoms with Gasteiger partial charge in [-0.05, 0) is 35.6 Å². The molecule has 0 amide bonds. The van der Waals surface area contributed by atoms with Crippen LogP contribution in [0.25, 0.3) is 22.2 Å². The number of H-pyrrole nitrogens is 1. The first kappa shape index (κ1) is 14.4. The number of aromatic nitrogens is 3. The third-order valence-electron chi connectivity index (χ3n) is 4.98. The second-order valence-electron chi connectivity index (χ2n) is 6.17. The summed E-state index contributed by atoms with van der Waals surface area (Å²) in [6.07, 6.45) is 5.60. The zero-order chi connectivity index (χ0) is 15.7. The zero-order valence-corrected chi connectivity index (χ0v) is 13.0. The van der Waals surface area contributed by atoms with Gasteiger partial charge in [0.25, 0.3) is 0 Å². The molecule has 0 radical (unpaired) electrons. The number of hydrogen-bond acceptors (Lipinski definition) is 4. The topological polar surface area (TPSA) is 76.8 Å². The Kier molecular flexibility index (Phi) is 3.59. The number of pyridine rings is 1. The van der Waals surface area contributed by atoms with Crippen LogP contribution < -0.4 is 5.73 Å². The van der Waals surface area contributed by atoms with E-state index in [2.05, 4.69) is 39.4 Å². The summed E-state index contributed by atoms with van der Waals surface area (Å²) >= 11 is 0. The normalized spacial score (nSPS) is 17.4. The highest BCUT2D eigenvalue weighted by atomic mass is 16.5. The molecule has 0 aliphatic carbocycles. The number of benzene rings is 1. The first-order valence-electron chi connectivity index (χ1n) is 7.99. The summed E-state index contributed by atoms with van der Waals surface area (Å²) in [6, 6.07) is 10.7. The van der Waals surface area contributed by atoms with E-state index in [1.807, 2.05) is 18.5 Å². The van der Waals surface area contributed by atoms with Crippen LogP contribution in [0.4, 0.5) is 0 Å². The van der Waals surface area contributed by atoms with Gasteiger partial charge in [-0.25, -0.2) is 4.98 Å². The number of nitrogens with two attached hydrogens (primary N) is 1. The number of nitrogens with zero attached hydrogens (tertiary/aromatic N) is 2. The van der Waals surface area contributed by atoms with E-state index in [-0.39, 0.29) is 5.41 Å². The van der Waals surface area contributed by atoms with Crippen LogP contribution in [0.15, 0.2) is 42.7 Å². The largest absolute Gasteiger partial charge is 0.381 e. The Morgan fingerprint density at radius 1 is 1.22 bits per heavy atom. The first-order chi connectivity index (χ1) is 11.3. The van der Waals surface area contributed by atoms with Crippen molar-refractivity contribution in [1.29, 1.82) is 0 Å². The summed E-state index contributed by atoms with van der Waals surface area (Å²) < 4.78 is 5.53. The van der Waals surface area contributed by atoms with Gasteiger partial charge < -0.3 is 10.5 Å². The highest BCUT2D eigenvalue weighted by Crippen LogP contribution is 2.36. The van der Waals surface area contributed by atoms with E-state index in [9.17, 15) is 0 Å². The van der Waals surface area contributed by atoms with E-state index in [1.165, 1.54) is 11.1 Å². The van der Waals surface area contributed by atoms with Crippen molar-refractivity contribution in [3.63, 3.8) is 0 Å². The van der Waals surface area contributed by atoms with Gasteiger partial charge in [0.15, 0.2) is 5.65 Å². The molecule has 0 bridgehead atoms. The number of aromatic amines is 1. The fraction of sp³-hybridized carbons (Fsp3) is 0.333. The van der Waals surface area contributed by atoms with Gasteiger partial charge >= 0.3 is 0 Å². The summed E-state index contributed by atoms with van der Waals surface area (Å²) in [7, 11) is 0. The van der Waals surface area contributed by atoms with Crippen molar-refractivity contribution in [2.45, 2.75) is 18.3 Å². The SMILES string of the molecule is NCC1(c2cccc(-c3ccnc4[nH]ncc34)c2)CCOCC1. The second-order valence-corrected chi connectivity index (χ2v) is 6.17. The molecule has 0 saturated carbocycles. The Morgan fingerprint density at radius 3 is 2.91 bits per heavy atom. The smallest absolute Gasteiger partial charge is 0.155 e. The summed E-state index contributed by atoms with van der Waals surface area (Å²) in [4.78, 5) is 4.31. The van der Waals surface area contributed by atoms with Crippen LogP contribution >= 0.6 is 0 Å². The van der Waals surface area contributed by atoms with Crippen molar-refractivity contribution in [3.8, 4) is 11.1 Å². The Bertz CT molecular complexity index is 821. The minimum atomic E-state index is 0.0246. The highest BCUT2D eigenvalue weighted by Gasteiger charge is 2.33. The lowest BCUT2D eigenvalue weighted by Crippen LogP contribution is -2.40. The third-order valence-corrected chi connectivity index (χ3v) is 4.98. The maximum atomic E-state index is 6.15. The van der Waals surface area contributed by atoms with E-state index in [0.717, 1.165) is 42.7 Å². The molecule has 0 spiro atoms. The molecule has 3 heterocycles. The van der Waals surface area contributed by atoms with Crippen LogP contribution in [0.5, 0.6) is 0 Å². The van der Waals surface area contributed by atoms with Gasteiger partial charge in [-0.3, -0.25) is 5.10 Å². The van der Waals surface area contributed by atoms with Crippen molar-refractivity contribution >= 4 is 11.0 Å². The summed E-state index contributed by atoms with van der Waals surface area (Å²) in [6.45, 7) is 2.21. The predicted octanol–water partition coefficient (Wildman–Crippen LogP) is 2.63. The molecule has 118 valence electrons. The van der Waals surface area contributed by atoms with Gasteiger partial charge in [0, 0.05) is 36.8 Å². The molecule has 3 N–H and O–H groups in total. The number of hydrogen-bond donors (Lipinski definition) is 2. The molecule has 1 aliphatic rings. The second kappa shape index (κ2) is 5.76. The lowest BCUT2D eigenvalue weighted by molar-refractivity contribution is 0.0530. The van der Waals surface area contributed by atoms with Gasteiger partial charge in [0.05, 0.1) is 6.20 Å². The van der Waals surface area contributed by atoms with E-state index in [4.69, 9.17) is 10.5 Å². The number of fused-ring (bicyclic) bond motifs is 1. The van der Waals surface area contributed by atoms with E-state index < -0.39 is 0 Å². The quantitative estimate of drug-likeness (QED) is 0.780. The average molecular weight is 308 g/mol. The van der Waals surface area contributed by atoms with Gasteiger partial charge in [0.1, 0.15) is 0 Å². The molecule has 3 aromatic rings. The lowest BCUT2D eigenvalue weighted by Gasteiger charge is -2.37. The van der Waals surface area contributed by atoms with Gasteiger partial charge in [-0.2, -0.15) is 5.10 Å². The molecular weight excluding hydrogens is 288 g/mol.